The maximum atomic E-state index is 12.2. The molecule has 18 heavy (non-hydrogen) atoms. The number of rotatable bonds is 1. The van der Waals surface area contributed by atoms with Gasteiger partial charge in [-0.3, -0.25) is 9.59 Å². The third kappa shape index (κ3) is 2.45. The molecule has 5 nitrogen and oxygen atoms in total. The predicted octanol–water partition coefficient (Wildman–Crippen LogP) is 0.696. The largest absolute Gasteiger partial charge is 0.507 e. The molecule has 0 aliphatic carbocycles. The Balaban J connectivity index is 2.19. The molecule has 2 rings (SSSR count). The zero-order valence-electron chi connectivity index (χ0n) is 10.3. The summed E-state index contributed by atoms with van der Waals surface area (Å²) < 4.78 is 0. The van der Waals surface area contributed by atoms with E-state index in [2.05, 4.69) is 0 Å². The molecule has 1 aromatic carbocycles. The van der Waals surface area contributed by atoms with E-state index in [0.29, 0.717) is 13.1 Å². The van der Waals surface area contributed by atoms with Crippen LogP contribution in [-0.4, -0.2) is 53.4 Å². The summed E-state index contributed by atoms with van der Waals surface area (Å²) in [6.07, 6.45) is 0.752. The highest BCUT2D eigenvalue weighted by molar-refractivity contribution is 5.98. The molecular formula is C13H16N2O3. The summed E-state index contributed by atoms with van der Waals surface area (Å²) >= 11 is 0. The Labute approximate surface area is 106 Å². The Kier molecular flexibility index (Phi) is 3.50. The molecule has 0 radical (unpaired) electrons. The fourth-order valence-electron chi connectivity index (χ4n) is 1.98. The van der Waals surface area contributed by atoms with Crippen molar-refractivity contribution in [1.29, 1.82) is 0 Å². The van der Waals surface area contributed by atoms with E-state index in [4.69, 9.17) is 0 Å². The van der Waals surface area contributed by atoms with Crippen LogP contribution in [0.3, 0.4) is 0 Å². The topological polar surface area (TPSA) is 60.9 Å². The number of benzene rings is 1. The number of para-hydroxylation sites is 1. The molecule has 0 atom stereocenters. The number of likely N-dealkylation sites (N-methyl/N-ethyl adjacent to an activating group) is 1. The normalized spacial score (nSPS) is 16.6. The van der Waals surface area contributed by atoms with Gasteiger partial charge in [-0.15, -0.1) is 0 Å². The summed E-state index contributed by atoms with van der Waals surface area (Å²) in [5.41, 5.74) is 0.245. The lowest BCUT2D eigenvalue weighted by atomic mass is 10.1. The van der Waals surface area contributed by atoms with Gasteiger partial charge in [-0.1, -0.05) is 12.1 Å². The lowest BCUT2D eigenvalue weighted by Gasteiger charge is -2.20. The first-order valence-corrected chi connectivity index (χ1v) is 5.91. The number of phenols is 1. The first-order valence-electron chi connectivity index (χ1n) is 5.91. The van der Waals surface area contributed by atoms with Gasteiger partial charge in [-0.05, 0) is 18.6 Å². The average Bonchev–Trinajstić information content (AvgIpc) is 2.52. The number of amides is 2. The second kappa shape index (κ2) is 5.08. The van der Waals surface area contributed by atoms with Crippen molar-refractivity contribution in [1.82, 2.24) is 9.80 Å². The number of hydrogen-bond acceptors (Lipinski definition) is 3. The van der Waals surface area contributed by atoms with E-state index in [1.165, 1.54) is 11.0 Å². The Hall–Kier alpha value is -2.04. The van der Waals surface area contributed by atoms with Gasteiger partial charge in [0.05, 0.1) is 5.56 Å². The molecule has 0 bridgehead atoms. The van der Waals surface area contributed by atoms with Gasteiger partial charge in [0.2, 0.25) is 5.91 Å². The van der Waals surface area contributed by atoms with E-state index in [1.807, 2.05) is 0 Å². The van der Waals surface area contributed by atoms with Crippen molar-refractivity contribution in [2.75, 3.05) is 26.7 Å². The zero-order chi connectivity index (χ0) is 13.1. The summed E-state index contributed by atoms with van der Waals surface area (Å²) in [6.45, 7) is 1.26. The van der Waals surface area contributed by atoms with E-state index in [0.717, 1.165) is 6.42 Å². The summed E-state index contributed by atoms with van der Waals surface area (Å²) in [4.78, 5) is 27.0. The van der Waals surface area contributed by atoms with Crippen LogP contribution in [0.5, 0.6) is 5.75 Å². The minimum absolute atomic E-state index is 0.0486. The van der Waals surface area contributed by atoms with Crippen molar-refractivity contribution in [2.24, 2.45) is 0 Å². The molecule has 1 aliphatic rings. The number of phenolic OH excluding ortho intramolecular Hbond substituents is 1. The minimum atomic E-state index is -0.295. The van der Waals surface area contributed by atoms with Crippen LogP contribution in [0, 0.1) is 0 Å². The molecule has 0 aromatic heterocycles. The number of carbonyl (C=O) groups excluding carboxylic acids is 2. The van der Waals surface area contributed by atoms with Crippen LogP contribution in [0.4, 0.5) is 0 Å². The molecule has 1 aromatic rings. The van der Waals surface area contributed by atoms with Crippen LogP contribution in [0.25, 0.3) is 0 Å². The first kappa shape index (κ1) is 12.4. The fraction of sp³-hybridized carbons (Fsp3) is 0.385. The quantitative estimate of drug-likeness (QED) is 0.795. The van der Waals surface area contributed by atoms with Crippen molar-refractivity contribution < 1.29 is 14.7 Å². The van der Waals surface area contributed by atoms with Crippen molar-refractivity contribution in [3.8, 4) is 5.75 Å². The third-order valence-electron chi connectivity index (χ3n) is 3.10. The molecule has 5 heteroatoms. The maximum Gasteiger partial charge on any atom is 0.258 e. The summed E-state index contributed by atoms with van der Waals surface area (Å²) in [5.74, 6) is -0.416. The molecule has 0 saturated carbocycles. The van der Waals surface area contributed by atoms with Crippen LogP contribution >= 0.6 is 0 Å². The third-order valence-corrected chi connectivity index (χ3v) is 3.10. The number of hydrogen-bond donors (Lipinski definition) is 1. The van der Waals surface area contributed by atoms with Crippen molar-refractivity contribution in [2.45, 2.75) is 6.42 Å². The van der Waals surface area contributed by atoms with E-state index in [9.17, 15) is 14.7 Å². The maximum absolute atomic E-state index is 12.2. The highest BCUT2D eigenvalue weighted by atomic mass is 16.3. The van der Waals surface area contributed by atoms with Crippen LogP contribution < -0.4 is 0 Å². The van der Waals surface area contributed by atoms with Gasteiger partial charge in [0.1, 0.15) is 12.3 Å². The van der Waals surface area contributed by atoms with E-state index in [-0.39, 0.29) is 29.7 Å². The Morgan fingerprint density at radius 2 is 2.00 bits per heavy atom. The standard InChI is InChI=1S/C13H16N2O3/c1-14-7-4-8-15(9-12(14)17)13(18)10-5-2-3-6-11(10)16/h2-3,5-6,16H,4,7-9H2,1H3. The molecule has 0 unspecified atom stereocenters. The van der Waals surface area contributed by atoms with Crippen LogP contribution in [-0.2, 0) is 4.79 Å². The van der Waals surface area contributed by atoms with Crippen molar-refractivity contribution >= 4 is 11.8 Å². The molecular weight excluding hydrogens is 232 g/mol. The number of carbonyl (C=O) groups is 2. The van der Waals surface area contributed by atoms with Gasteiger partial charge >= 0.3 is 0 Å². The molecule has 2 amide bonds. The van der Waals surface area contributed by atoms with E-state index in [1.54, 1.807) is 30.1 Å². The summed E-state index contributed by atoms with van der Waals surface area (Å²) in [5, 5.41) is 9.66. The molecule has 1 heterocycles. The van der Waals surface area contributed by atoms with Crippen LogP contribution in [0.15, 0.2) is 24.3 Å². The second-order valence-electron chi connectivity index (χ2n) is 4.41. The Morgan fingerprint density at radius 3 is 2.72 bits per heavy atom. The smallest absolute Gasteiger partial charge is 0.258 e. The minimum Gasteiger partial charge on any atom is -0.507 e. The van der Waals surface area contributed by atoms with Gasteiger partial charge in [0, 0.05) is 20.1 Å². The van der Waals surface area contributed by atoms with Gasteiger partial charge in [0.25, 0.3) is 5.91 Å². The monoisotopic (exact) mass is 248 g/mol. The zero-order valence-corrected chi connectivity index (χ0v) is 10.3. The molecule has 1 saturated heterocycles. The Morgan fingerprint density at radius 1 is 1.28 bits per heavy atom. The number of aromatic hydroxyl groups is 1. The molecule has 96 valence electrons. The molecule has 0 spiro atoms. The first-order chi connectivity index (χ1) is 8.59. The molecule has 1 N–H and O–H groups in total. The van der Waals surface area contributed by atoms with Gasteiger partial charge in [-0.25, -0.2) is 0 Å². The lowest BCUT2D eigenvalue weighted by molar-refractivity contribution is -0.129. The number of nitrogens with zero attached hydrogens (tertiary/aromatic N) is 2. The van der Waals surface area contributed by atoms with Gasteiger partial charge in [-0.2, -0.15) is 0 Å². The summed E-state index contributed by atoms with van der Waals surface area (Å²) in [7, 11) is 1.73. The van der Waals surface area contributed by atoms with Crippen LogP contribution in [0.2, 0.25) is 0 Å². The fourth-order valence-corrected chi connectivity index (χ4v) is 1.98. The lowest BCUT2D eigenvalue weighted by Crippen LogP contribution is -2.38. The van der Waals surface area contributed by atoms with Gasteiger partial charge < -0.3 is 14.9 Å². The van der Waals surface area contributed by atoms with Crippen LogP contribution in [0.1, 0.15) is 16.8 Å². The predicted molar refractivity (Wildman–Crippen MR) is 66.3 cm³/mol. The van der Waals surface area contributed by atoms with Gasteiger partial charge in [0.15, 0.2) is 0 Å². The summed E-state index contributed by atoms with van der Waals surface area (Å²) in [6, 6.07) is 6.39. The highest BCUT2D eigenvalue weighted by Crippen LogP contribution is 2.18. The SMILES string of the molecule is CN1CCCN(C(=O)c2ccccc2O)CC1=O. The van der Waals surface area contributed by atoms with E-state index < -0.39 is 0 Å². The van der Waals surface area contributed by atoms with E-state index >= 15 is 0 Å². The molecule has 1 fully saturated rings. The second-order valence-corrected chi connectivity index (χ2v) is 4.41. The Bertz CT molecular complexity index is 473. The van der Waals surface area contributed by atoms with Crippen molar-refractivity contribution in [3.63, 3.8) is 0 Å². The molecule has 1 aliphatic heterocycles. The highest BCUT2D eigenvalue weighted by Gasteiger charge is 2.24. The average molecular weight is 248 g/mol. The van der Waals surface area contributed by atoms with Crippen molar-refractivity contribution in [3.05, 3.63) is 29.8 Å².